The SMILES string of the molecule is Cc1csc(Nc2cc(Sc3nccn3C)ccn2)n1.Cl.Cl. The van der Waals surface area contributed by atoms with Gasteiger partial charge >= 0.3 is 0 Å². The number of hydrogen-bond donors (Lipinski definition) is 1. The lowest BCUT2D eigenvalue weighted by Crippen LogP contribution is -1.93. The third-order valence-electron chi connectivity index (χ3n) is 2.57. The first kappa shape index (κ1) is 18.8. The summed E-state index contributed by atoms with van der Waals surface area (Å²) in [4.78, 5) is 14.1. The molecule has 0 spiro atoms. The van der Waals surface area contributed by atoms with E-state index in [2.05, 4.69) is 20.3 Å². The highest BCUT2D eigenvalue weighted by molar-refractivity contribution is 7.99. The lowest BCUT2D eigenvalue weighted by atomic mass is 10.4. The van der Waals surface area contributed by atoms with E-state index in [0.717, 1.165) is 26.7 Å². The van der Waals surface area contributed by atoms with Crippen molar-refractivity contribution in [1.82, 2.24) is 19.5 Å². The molecule has 0 radical (unpaired) electrons. The second-order valence-electron chi connectivity index (χ2n) is 4.22. The standard InChI is InChI=1S/C13H13N5S2.2ClH/c1-9-8-19-12(16-9)17-11-7-10(3-4-14-11)20-13-15-5-6-18(13)2;;/h3-8H,1-2H3,(H,14,16,17);2*1H. The van der Waals surface area contributed by atoms with Gasteiger partial charge in [-0.05, 0) is 19.1 Å². The van der Waals surface area contributed by atoms with Crippen molar-refractivity contribution in [3.63, 3.8) is 0 Å². The van der Waals surface area contributed by atoms with Crippen molar-refractivity contribution < 1.29 is 0 Å². The van der Waals surface area contributed by atoms with E-state index < -0.39 is 0 Å². The Kier molecular flexibility index (Phi) is 7.15. The summed E-state index contributed by atoms with van der Waals surface area (Å²) in [5.74, 6) is 0.790. The minimum Gasteiger partial charge on any atom is -0.329 e. The molecule has 0 amide bonds. The summed E-state index contributed by atoms with van der Waals surface area (Å²) in [6.45, 7) is 1.97. The highest BCUT2D eigenvalue weighted by atomic mass is 35.5. The van der Waals surface area contributed by atoms with Gasteiger partial charge in [0.25, 0.3) is 0 Å². The molecule has 0 aliphatic heterocycles. The second-order valence-corrected chi connectivity index (χ2v) is 6.12. The van der Waals surface area contributed by atoms with Crippen molar-refractivity contribution in [2.75, 3.05) is 5.32 Å². The predicted molar refractivity (Wildman–Crippen MR) is 96.2 cm³/mol. The van der Waals surface area contributed by atoms with Crippen LogP contribution < -0.4 is 5.32 Å². The van der Waals surface area contributed by atoms with Gasteiger partial charge in [-0.1, -0.05) is 11.8 Å². The summed E-state index contributed by atoms with van der Waals surface area (Å²) in [5, 5.41) is 7.03. The molecule has 3 heterocycles. The second kappa shape index (κ2) is 8.38. The summed E-state index contributed by atoms with van der Waals surface area (Å²) in [6.07, 6.45) is 5.51. The van der Waals surface area contributed by atoms with Crippen molar-refractivity contribution in [3.05, 3.63) is 41.8 Å². The molecule has 1 N–H and O–H groups in total. The summed E-state index contributed by atoms with van der Waals surface area (Å²) in [5.41, 5.74) is 1.01. The lowest BCUT2D eigenvalue weighted by Gasteiger charge is -2.05. The number of rotatable bonds is 4. The Morgan fingerprint density at radius 1 is 1.23 bits per heavy atom. The molecule has 0 aromatic carbocycles. The van der Waals surface area contributed by atoms with Gasteiger partial charge in [-0.3, -0.25) is 0 Å². The van der Waals surface area contributed by atoms with Gasteiger partial charge in [-0.15, -0.1) is 36.2 Å². The number of aryl methyl sites for hydroxylation is 2. The van der Waals surface area contributed by atoms with E-state index in [9.17, 15) is 0 Å². The number of anilines is 2. The van der Waals surface area contributed by atoms with Crippen molar-refractivity contribution in [2.24, 2.45) is 7.05 Å². The van der Waals surface area contributed by atoms with Gasteiger partial charge in [-0.25, -0.2) is 15.0 Å². The van der Waals surface area contributed by atoms with Gasteiger partial charge in [0.05, 0.1) is 5.69 Å². The Morgan fingerprint density at radius 2 is 2.05 bits per heavy atom. The van der Waals surface area contributed by atoms with Crippen molar-refractivity contribution >= 4 is 58.9 Å². The van der Waals surface area contributed by atoms with Crippen LogP contribution >= 0.6 is 47.9 Å². The van der Waals surface area contributed by atoms with Gasteiger partial charge in [0.15, 0.2) is 10.3 Å². The van der Waals surface area contributed by atoms with Crippen LogP contribution in [0.4, 0.5) is 10.9 Å². The monoisotopic (exact) mass is 375 g/mol. The van der Waals surface area contributed by atoms with Gasteiger partial charge in [0.1, 0.15) is 5.82 Å². The van der Waals surface area contributed by atoms with Crippen LogP contribution in [0.1, 0.15) is 5.69 Å². The van der Waals surface area contributed by atoms with Crippen molar-refractivity contribution in [3.8, 4) is 0 Å². The number of nitrogens with zero attached hydrogens (tertiary/aromatic N) is 4. The van der Waals surface area contributed by atoms with Gasteiger partial charge < -0.3 is 9.88 Å². The Balaban J connectivity index is 0.00000121. The largest absolute Gasteiger partial charge is 0.329 e. The summed E-state index contributed by atoms with van der Waals surface area (Å²) >= 11 is 3.18. The van der Waals surface area contributed by atoms with Crippen LogP contribution in [0.5, 0.6) is 0 Å². The van der Waals surface area contributed by atoms with Crippen LogP contribution in [0.25, 0.3) is 0 Å². The number of pyridine rings is 1. The molecule has 0 aliphatic carbocycles. The quantitative estimate of drug-likeness (QED) is 0.735. The fourth-order valence-corrected chi connectivity index (χ4v) is 3.14. The van der Waals surface area contributed by atoms with E-state index in [1.165, 1.54) is 0 Å². The maximum Gasteiger partial charge on any atom is 0.188 e. The molecule has 3 aromatic rings. The normalized spacial score (nSPS) is 9.73. The maximum absolute atomic E-state index is 4.37. The topological polar surface area (TPSA) is 55.6 Å². The summed E-state index contributed by atoms with van der Waals surface area (Å²) in [7, 11) is 1.98. The maximum atomic E-state index is 4.37. The number of imidazole rings is 1. The Labute approximate surface area is 149 Å². The average molecular weight is 376 g/mol. The van der Waals surface area contributed by atoms with Crippen molar-refractivity contribution in [1.29, 1.82) is 0 Å². The first-order chi connectivity index (χ1) is 9.70. The van der Waals surface area contributed by atoms with Crippen LogP contribution in [-0.2, 0) is 7.05 Å². The Bertz CT molecular complexity index is 729. The molecule has 5 nitrogen and oxygen atoms in total. The van der Waals surface area contributed by atoms with E-state index >= 15 is 0 Å². The fraction of sp³-hybridized carbons (Fsp3) is 0.154. The molecule has 0 fully saturated rings. The minimum absolute atomic E-state index is 0. The Hall–Kier alpha value is -1.28. The van der Waals surface area contributed by atoms with E-state index in [1.807, 2.05) is 42.2 Å². The molecular formula is C13H15Cl2N5S2. The molecule has 0 atom stereocenters. The van der Waals surface area contributed by atoms with Gasteiger partial charge in [-0.2, -0.15) is 0 Å². The number of aromatic nitrogens is 4. The number of nitrogens with one attached hydrogen (secondary N) is 1. The predicted octanol–water partition coefficient (Wildman–Crippen LogP) is 4.32. The van der Waals surface area contributed by atoms with E-state index in [4.69, 9.17) is 0 Å². The fourth-order valence-electron chi connectivity index (χ4n) is 1.62. The Morgan fingerprint density at radius 3 is 2.68 bits per heavy atom. The highest BCUT2D eigenvalue weighted by Crippen LogP contribution is 2.28. The first-order valence-electron chi connectivity index (χ1n) is 6.01. The van der Waals surface area contributed by atoms with Crippen molar-refractivity contribution in [2.45, 2.75) is 17.0 Å². The van der Waals surface area contributed by atoms with Gasteiger partial charge in [0.2, 0.25) is 0 Å². The zero-order valence-corrected chi connectivity index (χ0v) is 15.2. The van der Waals surface area contributed by atoms with Crippen LogP contribution in [0.3, 0.4) is 0 Å². The number of halogens is 2. The first-order valence-corrected chi connectivity index (χ1v) is 7.71. The average Bonchev–Trinajstić information content (AvgIpc) is 3.00. The summed E-state index contributed by atoms with van der Waals surface area (Å²) in [6, 6.07) is 3.97. The molecule has 0 saturated carbocycles. The molecule has 0 saturated heterocycles. The molecule has 22 heavy (non-hydrogen) atoms. The van der Waals surface area contributed by atoms with Crippen LogP contribution in [0, 0.1) is 6.92 Å². The third-order valence-corrected chi connectivity index (χ3v) is 4.51. The zero-order chi connectivity index (χ0) is 13.9. The molecule has 0 unspecified atom stereocenters. The lowest BCUT2D eigenvalue weighted by molar-refractivity contribution is 0.790. The minimum atomic E-state index is 0. The molecule has 118 valence electrons. The highest BCUT2D eigenvalue weighted by Gasteiger charge is 2.05. The van der Waals surface area contributed by atoms with Crippen LogP contribution in [0.15, 0.2) is 46.2 Å². The van der Waals surface area contributed by atoms with E-state index in [-0.39, 0.29) is 24.8 Å². The molecular weight excluding hydrogens is 361 g/mol. The van der Waals surface area contributed by atoms with Crippen LogP contribution in [-0.4, -0.2) is 19.5 Å². The van der Waals surface area contributed by atoms with E-state index in [1.54, 1.807) is 35.5 Å². The molecule has 0 aliphatic rings. The molecule has 0 bridgehead atoms. The molecule has 9 heteroatoms. The number of thiazole rings is 1. The zero-order valence-electron chi connectivity index (χ0n) is 11.9. The molecule has 3 rings (SSSR count). The third kappa shape index (κ3) is 4.61. The smallest absolute Gasteiger partial charge is 0.188 e. The summed E-state index contributed by atoms with van der Waals surface area (Å²) < 4.78 is 1.99. The van der Waals surface area contributed by atoms with E-state index in [0.29, 0.717) is 0 Å². The van der Waals surface area contributed by atoms with Gasteiger partial charge in [0, 0.05) is 35.9 Å². The molecule has 3 aromatic heterocycles. The van der Waals surface area contributed by atoms with Crippen LogP contribution in [0.2, 0.25) is 0 Å². The number of hydrogen-bond acceptors (Lipinski definition) is 6.